The van der Waals surface area contributed by atoms with Gasteiger partial charge in [-0.15, -0.1) is 12.4 Å². The Labute approximate surface area is 165 Å². The predicted molar refractivity (Wildman–Crippen MR) is 119 cm³/mol. The maximum absolute atomic E-state index is 6.10. The maximum Gasteiger partial charge on any atom is 0.00315 e. The summed E-state index contributed by atoms with van der Waals surface area (Å²) < 4.78 is 0. The zero-order valence-corrected chi connectivity index (χ0v) is 16.7. The normalized spacial score (nSPS) is 11.6. The fourth-order valence-corrected chi connectivity index (χ4v) is 7.34. The highest BCUT2D eigenvalue weighted by atomic mass is 35.5. The average Bonchev–Trinajstić information content (AvgIpc) is 2.64. The molecule has 138 valence electrons. The smallest absolute Gasteiger partial charge is 0.00315 e. The Hall–Kier alpha value is -1.74. The molecule has 26 heavy (non-hydrogen) atoms. The summed E-state index contributed by atoms with van der Waals surface area (Å²) in [5.41, 5.74) is 10.4. The first-order valence-corrected chi connectivity index (χ1v) is 11.2. The number of rotatable bonds is 8. The number of hydrogen-bond donors (Lipinski definition) is 1. The van der Waals surface area contributed by atoms with Gasteiger partial charge in [0.25, 0.3) is 0 Å². The van der Waals surface area contributed by atoms with Crippen molar-refractivity contribution in [3.8, 4) is 0 Å². The molecule has 0 spiro atoms. The van der Waals surface area contributed by atoms with Crippen LogP contribution < -0.4 is 5.73 Å². The van der Waals surface area contributed by atoms with Crippen molar-refractivity contribution < 1.29 is 0 Å². The van der Waals surface area contributed by atoms with E-state index in [1.54, 1.807) is 0 Å². The van der Waals surface area contributed by atoms with Gasteiger partial charge in [-0.3, -0.25) is 0 Å². The van der Waals surface area contributed by atoms with Crippen molar-refractivity contribution in [3.05, 3.63) is 108 Å². The molecule has 2 N–H and O–H groups in total. The van der Waals surface area contributed by atoms with E-state index in [0.29, 0.717) is 0 Å². The van der Waals surface area contributed by atoms with Crippen molar-refractivity contribution in [1.29, 1.82) is 0 Å². The highest BCUT2D eigenvalue weighted by Crippen LogP contribution is 2.56. The topological polar surface area (TPSA) is 26.0 Å². The summed E-state index contributed by atoms with van der Waals surface area (Å²) in [4.78, 5) is 0. The first-order chi connectivity index (χ1) is 12.3. The van der Waals surface area contributed by atoms with Gasteiger partial charge in [-0.05, 0) is 29.0 Å². The molecular formula is C23H28ClNS. The molecule has 0 aliphatic rings. The van der Waals surface area contributed by atoms with Crippen molar-refractivity contribution >= 4 is 22.4 Å². The third-order valence-electron chi connectivity index (χ3n) is 4.50. The zero-order chi connectivity index (χ0) is 17.4. The molecule has 0 fully saturated rings. The Bertz CT molecular complexity index is 646. The lowest BCUT2D eigenvalue weighted by atomic mass is 10.2. The minimum absolute atomic E-state index is 0. The molecule has 0 radical (unpaired) electrons. The third kappa shape index (κ3) is 5.91. The van der Waals surface area contributed by atoms with Gasteiger partial charge in [0.15, 0.2) is 0 Å². The van der Waals surface area contributed by atoms with Gasteiger partial charge in [0, 0.05) is 17.3 Å². The molecule has 1 nitrogen and oxygen atoms in total. The zero-order valence-electron chi connectivity index (χ0n) is 15.1. The van der Waals surface area contributed by atoms with Crippen LogP contribution >= 0.6 is 22.4 Å². The van der Waals surface area contributed by atoms with Crippen molar-refractivity contribution in [2.24, 2.45) is 5.73 Å². The predicted octanol–water partition coefficient (Wildman–Crippen LogP) is 5.77. The van der Waals surface area contributed by atoms with E-state index in [1.165, 1.54) is 16.7 Å². The van der Waals surface area contributed by atoms with Gasteiger partial charge in [-0.1, -0.05) is 91.0 Å². The van der Waals surface area contributed by atoms with Crippen LogP contribution in [0.2, 0.25) is 0 Å². The van der Waals surface area contributed by atoms with Gasteiger partial charge < -0.3 is 5.73 Å². The molecule has 0 atom stereocenters. The monoisotopic (exact) mass is 385 g/mol. The highest BCUT2D eigenvalue weighted by Gasteiger charge is 2.25. The van der Waals surface area contributed by atoms with Crippen LogP contribution in [-0.2, 0) is 17.3 Å². The molecule has 0 heterocycles. The second kappa shape index (κ2) is 10.4. The lowest BCUT2D eigenvalue weighted by molar-refractivity contribution is 1.11. The standard InChI is InChI=1S/C23H27NS.ClH/c24-16-17-25(18-21-10-4-1-5-11-21,19-22-12-6-2-7-13-22)20-23-14-8-3-9-15-23;/h1-15H,16-20,24H2;1H. The van der Waals surface area contributed by atoms with Crippen LogP contribution in [0.1, 0.15) is 16.7 Å². The largest absolute Gasteiger partial charge is 0.330 e. The van der Waals surface area contributed by atoms with E-state index in [4.69, 9.17) is 5.73 Å². The Kier molecular flexibility index (Phi) is 8.24. The number of benzene rings is 3. The van der Waals surface area contributed by atoms with Gasteiger partial charge in [0.2, 0.25) is 0 Å². The van der Waals surface area contributed by atoms with Crippen LogP contribution in [0.5, 0.6) is 0 Å². The molecule has 0 bridgehead atoms. The summed E-state index contributed by atoms with van der Waals surface area (Å²) in [7, 11) is -0.931. The number of nitrogens with two attached hydrogens (primary N) is 1. The third-order valence-corrected chi connectivity index (χ3v) is 8.44. The molecular weight excluding hydrogens is 358 g/mol. The molecule has 3 aromatic rings. The Morgan fingerprint density at radius 2 is 0.846 bits per heavy atom. The maximum atomic E-state index is 6.10. The van der Waals surface area contributed by atoms with Gasteiger partial charge in [0.05, 0.1) is 0 Å². The molecule has 0 saturated heterocycles. The molecule has 0 unspecified atom stereocenters. The van der Waals surface area contributed by atoms with Gasteiger partial charge in [-0.2, -0.15) is 0 Å². The Balaban J connectivity index is 0.00000243. The molecule has 3 heteroatoms. The fourth-order valence-electron chi connectivity index (χ4n) is 3.40. The van der Waals surface area contributed by atoms with Crippen LogP contribution in [0.3, 0.4) is 0 Å². The number of halogens is 1. The van der Waals surface area contributed by atoms with Crippen LogP contribution in [0.15, 0.2) is 91.0 Å². The first kappa shape index (κ1) is 20.6. The lowest BCUT2D eigenvalue weighted by Crippen LogP contribution is -2.19. The first-order valence-electron chi connectivity index (χ1n) is 8.86. The van der Waals surface area contributed by atoms with E-state index in [0.717, 1.165) is 29.6 Å². The van der Waals surface area contributed by atoms with E-state index in [9.17, 15) is 0 Å². The van der Waals surface area contributed by atoms with Crippen molar-refractivity contribution in [1.82, 2.24) is 0 Å². The van der Waals surface area contributed by atoms with E-state index in [1.807, 2.05) is 0 Å². The molecule has 3 aromatic carbocycles. The summed E-state index contributed by atoms with van der Waals surface area (Å²) in [5, 5.41) is 0. The minimum atomic E-state index is -0.931. The summed E-state index contributed by atoms with van der Waals surface area (Å²) in [6.45, 7) is 0.752. The summed E-state index contributed by atoms with van der Waals surface area (Å²) in [6, 6.07) is 32.7. The molecule has 0 aliphatic heterocycles. The van der Waals surface area contributed by atoms with Gasteiger partial charge in [-0.25, -0.2) is 10.0 Å². The van der Waals surface area contributed by atoms with Crippen molar-refractivity contribution in [2.45, 2.75) is 17.3 Å². The van der Waals surface area contributed by atoms with Crippen LogP contribution in [0.4, 0.5) is 0 Å². The van der Waals surface area contributed by atoms with E-state index >= 15 is 0 Å². The van der Waals surface area contributed by atoms with Crippen molar-refractivity contribution in [2.75, 3.05) is 12.3 Å². The number of hydrogen-bond acceptors (Lipinski definition) is 1. The lowest BCUT2D eigenvalue weighted by Gasteiger charge is -2.41. The highest BCUT2D eigenvalue weighted by molar-refractivity contribution is 8.31. The molecule has 0 aliphatic carbocycles. The van der Waals surface area contributed by atoms with Gasteiger partial charge >= 0.3 is 0 Å². The van der Waals surface area contributed by atoms with E-state index in [2.05, 4.69) is 91.0 Å². The van der Waals surface area contributed by atoms with Gasteiger partial charge in [0.1, 0.15) is 0 Å². The molecule has 0 saturated carbocycles. The fraction of sp³-hybridized carbons (Fsp3) is 0.217. The summed E-state index contributed by atoms with van der Waals surface area (Å²) in [6.07, 6.45) is 0. The second-order valence-electron chi connectivity index (χ2n) is 6.61. The Morgan fingerprint density at radius 1 is 0.538 bits per heavy atom. The second-order valence-corrected chi connectivity index (χ2v) is 10.3. The summed E-state index contributed by atoms with van der Waals surface area (Å²) >= 11 is 0. The average molecular weight is 386 g/mol. The van der Waals surface area contributed by atoms with Crippen LogP contribution in [-0.4, -0.2) is 12.3 Å². The Morgan fingerprint density at radius 3 is 1.12 bits per heavy atom. The quantitative estimate of drug-likeness (QED) is 0.523. The van der Waals surface area contributed by atoms with Crippen LogP contribution in [0.25, 0.3) is 0 Å². The van der Waals surface area contributed by atoms with Crippen molar-refractivity contribution in [3.63, 3.8) is 0 Å². The molecule has 0 amide bonds. The van der Waals surface area contributed by atoms with Crippen LogP contribution in [0, 0.1) is 0 Å². The van der Waals surface area contributed by atoms with E-state index in [-0.39, 0.29) is 12.4 Å². The minimum Gasteiger partial charge on any atom is -0.330 e. The molecule has 3 rings (SSSR count). The molecule has 0 aromatic heterocycles. The van der Waals surface area contributed by atoms with E-state index < -0.39 is 10.0 Å². The summed E-state index contributed by atoms with van der Waals surface area (Å²) in [5.74, 6) is 4.50. The SMILES string of the molecule is Cl.NCCS(Cc1ccccc1)(Cc1ccccc1)Cc1ccccc1.